The molecule has 2 aromatic rings. The van der Waals surface area contributed by atoms with Crippen molar-refractivity contribution in [3.63, 3.8) is 0 Å². The van der Waals surface area contributed by atoms with E-state index in [-0.39, 0.29) is 26.3 Å². The molecule has 0 bridgehead atoms. The van der Waals surface area contributed by atoms with Crippen LogP contribution in [0.25, 0.3) is 0 Å². The average Bonchev–Trinajstić information content (AvgIpc) is 2.45. The minimum absolute atomic E-state index is 0.100. The summed E-state index contributed by atoms with van der Waals surface area (Å²) in [4.78, 5) is 31.0. The minimum atomic E-state index is -0.498. The molecule has 0 aromatic carbocycles. The third-order valence-electron chi connectivity index (χ3n) is 2.27. The number of nitrogens with two attached hydrogens (primary N) is 2. The molecule has 0 unspecified atom stereocenters. The van der Waals surface area contributed by atoms with Crippen molar-refractivity contribution in [2.24, 2.45) is 11.5 Å². The molecule has 2 aromatic heterocycles. The van der Waals surface area contributed by atoms with Gasteiger partial charge in [-0.15, -0.1) is 0 Å². The molecule has 8 heteroatoms. The Morgan fingerprint density at radius 1 is 0.850 bits per heavy atom. The Morgan fingerprint density at radius 2 is 1.25 bits per heavy atom. The van der Waals surface area contributed by atoms with Crippen LogP contribution in [0.4, 0.5) is 0 Å². The predicted molar refractivity (Wildman–Crippen MR) is 76.3 cm³/mol. The number of hydrogen-bond acceptors (Lipinski definition) is 4. The van der Waals surface area contributed by atoms with Gasteiger partial charge in [0, 0.05) is 0 Å². The SMILES string of the molecule is NC(=O)c1cccnc1[Se][Se]c1ncccc1C(N)=O. The van der Waals surface area contributed by atoms with Crippen LogP contribution in [0.1, 0.15) is 20.7 Å². The molecule has 2 heterocycles. The van der Waals surface area contributed by atoms with Gasteiger partial charge < -0.3 is 0 Å². The first-order valence-corrected chi connectivity index (χ1v) is 11.5. The number of hydrogen-bond donors (Lipinski definition) is 2. The van der Waals surface area contributed by atoms with Gasteiger partial charge in [-0.2, -0.15) is 0 Å². The van der Waals surface area contributed by atoms with Gasteiger partial charge in [-0.05, 0) is 0 Å². The van der Waals surface area contributed by atoms with Crippen molar-refractivity contribution >= 4 is 47.3 Å². The van der Waals surface area contributed by atoms with Crippen LogP contribution in [0.2, 0.25) is 0 Å². The molecule has 0 radical (unpaired) electrons. The number of rotatable bonds is 5. The van der Waals surface area contributed by atoms with Crippen molar-refractivity contribution in [2.75, 3.05) is 0 Å². The average molecular weight is 400 g/mol. The van der Waals surface area contributed by atoms with Crippen molar-refractivity contribution in [3.05, 3.63) is 47.8 Å². The molecular weight excluding hydrogens is 390 g/mol. The van der Waals surface area contributed by atoms with Crippen LogP contribution < -0.4 is 20.7 Å². The van der Waals surface area contributed by atoms with Crippen molar-refractivity contribution < 1.29 is 9.59 Å². The fourth-order valence-electron chi connectivity index (χ4n) is 1.37. The van der Waals surface area contributed by atoms with Crippen LogP contribution in [-0.4, -0.2) is 48.0 Å². The van der Waals surface area contributed by atoms with Crippen LogP contribution in [-0.2, 0) is 0 Å². The van der Waals surface area contributed by atoms with Gasteiger partial charge >= 0.3 is 126 Å². The number of pyridine rings is 2. The zero-order valence-electron chi connectivity index (χ0n) is 10.1. The zero-order valence-corrected chi connectivity index (χ0v) is 13.6. The van der Waals surface area contributed by atoms with Gasteiger partial charge in [0.25, 0.3) is 0 Å². The van der Waals surface area contributed by atoms with Gasteiger partial charge in [0.1, 0.15) is 0 Å². The van der Waals surface area contributed by atoms with Gasteiger partial charge in [-0.3, -0.25) is 0 Å². The Bertz CT molecular complexity index is 606. The van der Waals surface area contributed by atoms with E-state index in [2.05, 4.69) is 9.97 Å². The third kappa shape index (κ3) is 3.43. The second kappa shape index (κ2) is 6.63. The predicted octanol–water partition coefficient (Wildman–Crippen LogP) is -2.05. The molecule has 20 heavy (non-hydrogen) atoms. The van der Waals surface area contributed by atoms with E-state index in [1.807, 2.05) is 0 Å². The number of primary amides is 2. The summed E-state index contributed by atoms with van der Waals surface area (Å²) in [6.45, 7) is 0. The van der Waals surface area contributed by atoms with Crippen molar-refractivity contribution in [1.82, 2.24) is 9.97 Å². The number of carbonyl (C=O) groups excluding carboxylic acids is 2. The zero-order chi connectivity index (χ0) is 14.5. The Morgan fingerprint density at radius 3 is 1.60 bits per heavy atom. The molecule has 0 atom stereocenters. The summed E-state index contributed by atoms with van der Waals surface area (Å²) in [5.41, 5.74) is 11.5. The van der Waals surface area contributed by atoms with E-state index in [1.54, 1.807) is 36.7 Å². The Hall–Kier alpha value is -1.72. The summed E-state index contributed by atoms with van der Waals surface area (Å²) in [6.07, 6.45) is 3.24. The van der Waals surface area contributed by atoms with Crippen molar-refractivity contribution in [2.45, 2.75) is 0 Å². The summed E-state index contributed by atoms with van der Waals surface area (Å²) in [5.74, 6) is -0.996. The third-order valence-corrected chi connectivity index (χ3v) is 8.83. The summed E-state index contributed by atoms with van der Waals surface area (Å²) in [5, 5.41) is 0. The van der Waals surface area contributed by atoms with Crippen molar-refractivity contribution in [1.29, 1.82) is 0 Å². The van der Waals surface area contributed by atoms with E-state index >= 15 is 0 Å². The Balaban J connectivity index is 2.22. The Kier molecular flexibility index (Phi) is 4.87. The van der Waals surface area contributed by atoms with Crippen LogP contribution in [0.5, 0.6) is 0 Å². The molecule has 0 saturated heterocycles. The molecule has 2 amide bonds. The summed E-state index contributed by atoms with van der Waals surface area (Å²) < 4.78 is 1.35. The summed E-state index contributed by atoms with van der Waals surface area (Å²) in [7, 11) is 0. The monoisotopic (exact) mass is 402 g/mol. The molecule has 0 spiro atoms. The second-order valence-electron chi connectivity index (χ2n) is 3.61. The molecule has 0 saturated carbocycles. The van der Waals surface area contributed by atoms with E-state index in [1.165, 1.54) is 0 Å². The Labute approximate surface area is 126 Å². The van der Waals surface area contributed by atoms with Crippen LogP contribution in [0.15, 0.2) is 36.7 Å². The molecule has 102 valence electrons. The quantitative estimate of drug-likeness (QED) is 0.563. The molecule has 0 aliphatic rings. The van der Waals surface area contributed by atoms with Gasteiger partial charge in [0.2, 0.25) is 0 Å². The van der Waals surface area contributed by atoms with Gasteiger partial charge in [-0.25, -0.2) is 0 Å². The molecule has 4 N–H and O–H groups in total. The normalized spacial score (nSPS) is 10.2. The fourth-order valence-corrected chi connectivity index (χ4v) is 7.84. The van der Waals surface area contributed by atoms with Gasteiger partial charge in [0.15, 0.2) is 0 Å². The van der Waals surface area contributed by atoms with Crippen LogP contribution >= 0.6 is 0 Å². The maximum absolute atomic E-state index is 11.3. The topological polar surface area (TPSA) is 112 Å². The summed E-state index contributed by atoms with van der Waals surface area (Å²) in [6, 6.07) is 6.64. The number of aromatic nitrogens is 2. The fraction of sp³-hybridized carbons (Fsp3) is 0. The number of carbonyl (C=O) groups is 2. The van der Waals surface area contributed by atoms with E-state index < -0.39 is 11.8 Å². The molecular formula is C12H10N4O2Se2. The first-order valence-electron chi connectivity index (χ1n) is 5.43. The molecule has 0 fully saturated rings. The van der Waals surface area contributed by atoms with E-state index in [9.17, 15) is 9.59 Å². The number of amides is 2. The van der Waals surface area contributed by atoms with E-state index in [0.29, 0.717) is 20.3 Å². The van der Waals surface area contributed by atoms with Gasteiger partial charge in [0.05, 0.1) is 0 Å². The van der Waals surface area contributed by atoms with Gasteiger partial charge in [-0.1, -0.05) is 0 Å². The summed E-state index contributed by atoms with van der Waals surface area (Å²) >= 11 is -0.200. The van der Waals surface area contributed by atoms with E-state index in [4.69, 9.17) is 11.5 Å². The molecule has 0 aliphatic heterocycles. The molecule has 6 nitrogen and oxygen atoms in total. The first kappa shape index (κ1) is 14.7. The molecule has 0 aliphatic carbocycles. The standard InChI is InChI=1S/C12H10N4O2Se2/c13-9(17)7-3-1-5-15-11(7)19-20-12-8(10(14)18)4-2-6-16-12/h1-6H,(H2,13,17)(H2,14,18). The second-order valence-corrected chi connectivity index (χ2v) is 9.56. The number of nitrogens with zero attached hydrogens (tertiary/aromatic N) is 2. The molecule has 2 rings (SSSR count). The first-order chi connectivity index (χ1) is 9.59. The van der Waals surface area contributed by atoms with E-state index in [0.717, 1.165) is 0 Å². The maximum atomic E-state index is 11.3. The van der Waals surface area contributed by atoms with Crippen LogP contribution in [0.3, 0.4) is 0 Å². The van der Waals surface area contributed by atoms with Crippen molar-refractivity contribution in [3.8, 4) is 0 Å². The van der Waals surface area contributed by atoms with Crippen LogP contribution in [0, 0.1) is 0 Å².